The summed E-state index contributed by atoms with van der Waals surface area (Å²) < 4.78 is 13.6. The average molecular weight is 588 g/mol. The first-order valence-electron chi connectivity index (χ1n) is 15.4. The van der Waals surface area contributed by atoms with Gasteiger partial charge in [-0.1, -0.05) is 61.5 Å². The molecule has 3 aromatic rings. The van der Waals surface area contributed by atoms with Crippen LogP contribution in [0.5, 0.6) is 0 Å². The normalized spacial score (nSPS) is 20.5. The minimum atomic E-state index is -0.770. The molecule has 3 aromatic carbocycles. The zero-order valence-electron chi connectivity index (χ0n) is 25.0. The maximum Gasteiger partial charge on any atom is 0.245 e. The molecule has 0 radical (unpaired) electrons. The van der Waals surface area contributed by atoms with E-state index in [9.17, 15) is 18.8 Å². The molecule has 4 atom stereocenters. The van der Waals surface area contributed by atoms with E-state index in [2.05, 4.69) is 51.2 Å². The zero-order chi connectivity index (χ0) is 30.3. The van der Waals surface area contributed by atoms with Gasteiger partial charge in [-0.2, -0.15) is 0 Å². The summed E-state index contributed by atoms with van der Waals surface area (Å²) >= 11 is 0. The van der Waals surface area contributed by atoms with Crippen LogP contribution in [0.15, 0.2) is 66.7 Å². The van der Waals surface area contributed by atoms with Gasteiger partial charge in [-0.15, -0.1) is 0 Å². The molecule has 2 aliphatic rings. The fourth-order valence-corrected chi connectivity index (χ4v) is 6.38. The van der Waals surface area contributed by atoms with Crippen LogP contribution >= 0.6 is 0 Å². The molecule has 2 heterocycles. The van der Waals surface area contributed by atoms with Gasteiger partial charge in [-0.3, -0.25) is 19.3 Å². The molecule has 2 fully saturated rings. The molecule has 0 aromatic heterocycles. The van der Waals surface area contributed by atoms with Gasteiger partial charge < -0.3 is 20.9 Å². The van der Waals surface area contributed by atoms with Crippen LogP contribution in [0.1, 0.15) is 37.3 Å². The quantitative estimate of drug-likeness (QED) is 0.339. The molecule has 0 spiro atoms. The summed E-state index contributed by atoms with van der Waals surface area (Å²) in [6, 6.07) is 19.0. The van der Waals surface area contributed by atoms with E-state index in [1.807, 2.05) is 24.0 Å². The molecule has 0 aliphatic carbocycles. The number of carbonyl (C=O) groups is 3. The van der Waals surface area contributed by atoms with E-state index in [0.717, 1.165) is 41.3 Å². The van der Waals surface area contributed by atoms with Crippen LogP contribution in [-0.4, -0.2) is 84.9 Å². The number of benzene rings is 3. The number of nitrogens with zero attached hydrogens (tertiary/aromatic N) is 2. The molecule has 2 saturated heterocycles. The molecule has 4 unspecified atom stereocenters. The Bertz CT molecular complexity index is 1430. The summed E-state index contributed by atoms with van der Waals surface area (Å²) in [5.41, 5.74) is 1.86. The number of amides is 3. The van der Waals surface area contributed by atoms with Crippen molar-refractivity contribution in [3.63, 3.8) is 0 Å². The molecule has 2 aliphatic heterocycles. The third kappa shape index (κ3) is 7.40. The van der Waals surface area contributed by atoms with Crippen molar-refractivity contribution in [2.24, 2.45) is 0 Å². The Kier molecular flexibility index (Phi) is 10.0. The van der Waals surface area contributed by atoms with Crippen molar-refractivity contribution in [2.45, 2.75) is 63.2 Å². The molecule has 228 valence electrons. The lowest BCUT2D eigenvalue weighted by molar-refractivity contribution is -0.142. The summed E-state index contributed by atoms with van der Waals surface area (Å²) in [4.78, 5) is 44.4. The van der Waals surface area contributed by atoms with Gasteiger partial charge in [-0.05, 0) is 66.3 Å². The Balaban J connectivity index is 1.32. The smallest absolute Gasteiger partial charge is 0.245 e. The molecule has 43 heavy (non-hydrogen) atoms. The standard InChI is InChI=1S/C34H42FN5O3/c1-3-28-22-39(31(33(42)36-2)21-24-10-13-25-7-4-5-8-26(25)19-24)17-18-40(28)34(43)30(20-23-11-14-27(35)15-12-23)38-32(41)29-9-6-16-37-29/h4-5,7-8,10-15,19,28-31,37H,3,6,9,16-18,20-22H2,1-2H3,(H,36,42)(H,38,41). The predicted octanol–water partition coefficient (Wildman–Crippen LogP) is 3.04. The molecule has 9 heteroatoms. The largest absolute Gasteiger partial charge is 0.358 e. The second kappa shape index (κ2) is 14.1. The van der Waals surface area contributed by atoms with E-state index in [0.29, 0.717) is 32.5 Å². The Morgan fingerprint density at radius 2 is 1.72 bits per heavy atom. The highest BCUT2D eigenvalue weighted by Gasteiger charge is 2.38. The van der Waals surface area contributed by atoms with Crippen LogP contribution in [-0.2, 0) is 27.2 Å². The Labute approximate surface area is 253 Å². The van der Waals surface area contributed by atoms with Crippen LogP contribution in [0.4, 0.5) is 4.39 Å². The molecule has 5 rings (SSSR count). The minimum absolute atomic E-state index is 0.0479. The number of hydrogen-bond donors (Lipinski definition) is 3. The highest BCUT2D eigenvalue weighted by atomic mass is 19.1. The topological polar surface area (TPSA) is 93.8 Å². The fraction of sp³-hybridized carbons (Fsp3) is 0.441. The maximum atomic E-state index is 14.1. The Hall–Kier alpha value is -3.82. The van der Waals surface area contributed by atoms with Crippen molar-refractivity contribution in [3.05, 3.63) is 83.7 Å². The molecular weight excluding hydrogens is 545 g/mol. The first-order valence-corrected chi connectivity index (χ1v) is 15.4. The number of carbonyl (C=O) groups excluding carboxylic acids is 3. The second-order valence-corrected chi connectivity index (χ2v) is 11.6. The first kappa shape index (κ1) is 30.6. The molecule has 8 nitrogen and oxygen atoms in total. The Morgan fingerprint density at radius 3 is 2.42 bits per heavy atom. The van der Waals surface area contributed by atoms with Crippen LogP contribution in [0, 0.1) is 5.82 Å². The highest BCUT2D eigenvalue weighted by Crippen LogP contribution is 2.22. The van der Waals surface area contributed by atoms with Gasteiger partial charge in [0.05, 0.1) is 12.1 Å². The lowest BCUT2D eigenvalue weighted by atomic mass is 9.97. The van der Waals surface area contributed by atoms with Crippen LogP contribution in [0.25, 0.3) is 10.8 Å². The van der Waals surface area contributed by atoms with Crippen molar-refractivity contribution in [2.75, 3.05) is 33.2 Å². The third-order valence-electron chi connectivity index (χ3n) is 8.85. The monoisotopic (exact) mass is 587 g/mol. The molecule has 3 amide bonds. The number of piperazine rings is 1. The van der Waals surface area contributed by atoms with E-state index in [-0.39, 0.29) is 48.1 Å². The minimum Gasteiger partial charge on any atom is -0.358 e. The second-order valence-electron chi connectivity index (χ2n) is 11.6. The van der Waals surface area contributed by atoms with Crippen molar-refractivity contribution in [1.29, 1.82) is 0 Å². The maximum absolute atomic E-state index is 14.1. The summed E-state index contributed by atoms with van der Waals surface area (Å²) in [5, 5.41) is 11.4. The lowest BCUT2D eigenvalue weighted by Crippen LogP contribution is -2.63. The number of nitrogens with one attached hydrogen (secondary N) is 3. The van der Waals surface area contributed by atoms with E-state index in [1.54, 1.807) is 19.2 Å². The Morgan fingerprint density at radius 1 is 0.977 bits per heavy atom. The highest BCUT2D eigenvalue weighted by molar-refractivity contribution is 5.90. The molecule has 3 N–H and O–H groups in total. The van der Waals surface area contributed by atoms with Gasteiger partial charge in [-0.25, -0.2) is 4.39 Å². The van der Waals surface area contributed by atoms with E-state index in [4.69, 9.17) is 0 Å². The van der Waals surface area contributed by atoms with Crippen LogP contribution in [0.2, 0.25) is 0 Å². The number of rotatable bonds is 10. The summed E-state index contributed by atoms with van der Waals surface area (Å²) in [7, 11) is 1.66. The van der Waals surface area contributed by atoms with Gasteiger partial charge in [0.1, 0.15) is 11.9 Å². The van der Waals surface area contributed by atoms with Gasteiger partial charge >= 0.3 is 0 Å². The van der Waals surface area contributed by atoms with E-state index < -0.39 is 6.04 Å². The number of halogens is 1. The van der Waals surface area contributed by atoms with Crippen molar-refractivity contribution >= 4 is 28.5 Å². The van der Waals surface area contributed by atoms with Crippen LogP contribution < -0.4 is 16.0 Å². The van der Waals surface area contributed by atoms with Crippen molar-refractivity contribution in [1.82, 2.24) is 25.8 Å². The number of fused-ring (bicyclic) bond motifs is 1. The van der Waals surface area contributed by atoms with Gasteiger partial charge in [0.25, 0.3) is 0 Å². The van der Waals surface area contributed by atoms with Crippen molar-refractivity contribution < 1.29 is 18.8 Å². The lowest BCUT2D eigenvalue weighted by Gasteiger charge is -2.45. The van der Waals surface area contributed by atoms with E-state index >= 15 is 0 Å². The summed E-state index contributed by atoms with van der Waals surface area (Å²) in [6.07, 6.45) is 3.20. The molecule has 0 bridgehead atoms. The third-order valence-corrected chi connectivity index (χ3v) is 8.85. The number of hydrogen-bond acceptors (Lipinski definition) is 5. The predicted molar refractivity (Wildman–Crippen MR) is 166 cm³/mol. The van der Waals surface area contributed by atoms with Gasteiger partial charge in [0.2, 0.25) is 17.7 Å². The molecular formula is C34H42FN5O3. The average Bonchev–Trinajstić information content (AvgIpc) is 3.59. The van der Waals surface area contributed by atoms with E-state index in [1.165, 1.54) is 12.1 Å². The van der Waals surface area contributed by atoms with Crippen LogP contribution in [0.3, 0.4) is 0 Å². The summed E-state index contributed by atoms with van der Waals surface area (Å²) in [6.45, 7) is 4.35. The fourth-order valence-electron chi connectivity index (χ4n) is 6.38. The SMILES string of the molecule is CCC1CN(C(Cc2ccc3ccccc3c2)C(=O)NC)CCN1C(=O)C(Cc1ccc(F)cc1)NC(=O)C1CCCN1. The summed E-state index contributed by atoms with van der Waals surface area (Å²) in [5.74, 6) is -0.719. The number of likely N-dealkylation sites (N-methyl/N-ethyl adjacent to an activating group) is 1. The zero-order valence-corrected chi connectivity index (χ0v) is 25.0. The molecule has 0 saturated carbocycles. The first-order chi connectivity index (χ1) is 20.9. The van der Waals surface area contributed by atoms with Gasteiger partial charge in [0.15, 0.2) is 0 Å². The van der Waals surface area contributed by atoms with Crippen molar-refractivity contribution in [3.8, 4) is 0 Å². The van der Waals surface area contributed by atoms with Gasteiger partial charge in [0, 0.05) is 39.1 Å².